The molecule has 1 aliphatic carbocycles. The third-order valence-electron chi connectivity index (χ3n) is 4.17. The van der Waals surface area contributed by atoms with Gasteiger partial charge < -0.3 is 0 Å². The molecule has 1 N–H and O–H groups in total. The number of rotatable bonds is 6. The van der Waals surface area contributed by atoms with Gasteiger partial charge in [0.1, 0.15) is 5.69 Å². The van der Waals surface area contributed by atoms with Gasteiger partial charge in [0, 0.05) is 12.7 Å². The van der Waals surface area contributed by atoms with Gasteiger partial charge in [0.25, 0.3) is 5.91 Å². The zero-order valence-electron chi connectivity index (χ0n) is 13.4. The van der Waals surface area contributed by atoms with Crippen molar-refractivity contribution in [3.05, 3.63) is 48.3 Å². The predicted octanol–water partition coefficient (Wildman–Crippen LogP) is 2.11. The van der Waals surface area contributed by atoms with E-state index in [1.165, 1.54) is 6.20 Å². The van der Waals surface area contributed by atoms with Gasteiger partial charge in [-0.05, 0) is 44.4 Å². The molecule has 7 nitrogen and oxygen atoms in total. The van der Waals surface area contributed by atoms with Crippen molar-refractivity contribution in [3.8, 4) is 0 Å². The van der Waals surface area contributed by atoms with Crippen molar-refractivity contribution in [2.45, 2.75) is 32.2 Å². The second-order valence-corrected chi connectivity index (χ2v) is 7.28. The zero-order valence-corrected chi connectivity index (χ0v) is 14.2. The van der Waals surface area contributed by atoms with Crippen LogP contribution in [0, 0.1) is 0 Å². The van der Waals surface area contributed by atoms with Gasteiger partial charge in [0.2, 0.25) is 0 Å². The Morgan fingerprint density at radius 2 is 2.00 bits per heavy atom. The fourth-order valence-electron chi connectivity index (χ4n) is 2.73. The van der Waals surface area contributed by atoms with Crippen molar-refractivity contribution in [2.24, 2.45) is 0 Å². The topological polar surface area (TPSA) is 84.3 Å². The molecule has 3 rings (SSSR count). The Kier molecular flexibility index (Phi) is 4.57. The molecule has 0 bridgehead atoms. The van der Waals surface area contributed by atoms with Gasteiger partial charge in [0.15, 0.2) is 0 Å². The van der Waals surface area contributed by atoms with Crippen LogP contribution in [0.15, 0.2) is 42.6 Å². The summed E-state index contributed by atoms with van der Waals surface area (Å²) in [5.74, 6) is -0.659. The molecule has 128 valence electrons. The third kappa shape index (κ3) is 3.14. The Morgan fingerprint density at radius 3 is 2.58 bits per heavy atom. The van der Waals surface area contributed by atoms with Gasteiger partial charge in [-0.1, -0.05) is 18.2 Å². The average Bonchev–Trinajstić information content (AvgIpc) is 2.95. The summed E-state index contributed by atoms with van der Waals surface area (Å²) in [6.45, 7) is 1.93. The van der Waals surface area contributed by atoms with E-state index in [0.29, 0.717) is 5.69 Å². The molecule has 8 heteroatoms. The van der Waals surface area contributed by atoms with Gasteiger partial charge >= 0.3 is 10.2 Å². The second-order valence-electron chi connectivity index (χ2n) is 5.68. The van der Waals surface area contributed by atoms with Crippen LogP contribution in [-0.2, 0) is 10.2 Å². The summed E-state index contributed by atoms with van der Waals surface area (Å²) in [5, 5.41) is 4.16. The monoisotopic (exact) mass is 348 g/mol. The number of carbonyl (C=O) groups excluding carboxylic acids is 1. The van der Waals surface area contributed by atoms with Crippen LogP contribution in [0.25, 0.3) is 0 Å². The number of amides is 1. The summed E-state index contributed by atoms with van der Waals surface area (Å²) in [5.41, 5.74) is 0.778. The highest BCUT2D eigenvalue weighted by Crippen LogP contribution is 2.31. The zero-order chi connectivity index (χ0) is 17.2. The van der Waals surface area contributed by atoms with Gasteiger partial charge in [0.05, 0.1) is 11.7 Å². The minimum atomic E-state index is -3.99. The van der Waals surface area contributed by atoms with E-state index in [9.17, 15) is 13.2 Å². The van der Waals surface area contributed by atoms with E-state index < -0.39 is 16.1 Å². The van der Waals surface area contributed by atoms with Crippen LogP contribution in [0.3, 0.4) is 0 Å². The van der Waals surface area contributed by atoms with Crippen molar-refractivity contribution >= 4 is 21.8 Å². The quantitative estimate of drug-likeness (QED) is 0.866. The van der Waals surface area contributed by atoms with Crippen LogP contribution in [-0.4, -0.2) is 30.7 Å². The highest BCUT2D eigenvalue weighted by atomic mass is 32.2. The number of benzene rings is 1. The lowest BCUT2D eigenvalue weighted by Crippen LogP contribution is -2.44. The fraction of sp³-hybridized carbons (Fsp3) is 0.375. The standard InChI is InChI=1S/C16H20N4O3S/c1-2-19(13-7-4-3-5-8-13)24(22,23)18-16(21)15-11-12-17-20(15)14-9-6-10-14/h3-5,7-8,11-12,14H,2,6,9-10H2,1H3,(H,18,21). The molecule has 1 amide bonds. The number of hydrogen-bond acceptors (Lipinski definition) is 4. The van der Waals surface area contributed by atoms with E-state index in [0.717, 1.165) is 23.6 Å². The third-order valence-corrected chi connectivity index (χ3v) is 5.66. The minimum absolute atomic E-state index is 0.180. The number of hydrogen-bond donors (Lipinski definition) is 1. The van der Waals surface area contributed by atoms with E-state index in [4.69, 9.17) is 0 Å². The van der Waals surface area contributed by atoms with Gasteiger partial charge in [-0.3, -0.25) is 13.8 Å². The fourth-order valence-corrected chi connectivity index (χ4v) is 3.91. The van der Waals surface area contributed by atoms with Crippen LogP contribution < -0.4 is 9.03 Å². The first kappa shape index (κ1) is 16.5. The normalized spacial score (nSPS) is 14.9. The summed E-state index contributed by atoms with van der Waals surface area (Å²) in [4.78, 5) is 12.5. The summed E-state index contributed by atoms with van der Waals surface area (Å²) < 4.78 is 30.1. The van der Waals surface area contributed by atoms with Crippen LogP contribution >= 0.6 is 0 Å². The second kappa shape index (κ2) is 6.64. The lowest BCUT2D eigenvalue weighted by Gasteiger charge is -2.27. The largest absolute Gasteiger partial charge is 0.326 e. The maximum Gasteiger partial charge on any atom is 0.326 e. The summed E-state index contributed by atoms with van der Waals surface area (Å²) in [6.07, 6.45) is 4.54. The van der Waals surface area contributed by atoms with Crippen molar-refractivity contribution < 1.29 is 13.2 Å². The first-order valence-corrected chi connectivity index (χ1v) is 9.40. The molecular weight excluding hydrogens is 328 g/mol. The molecule has 0 aliphatic heterocycles. The molecule has 0 atom stereocenters. The minimum Gasteiger partial charge on any atom is -0.266 e. The summed E-state index contributed by atoms with van der Waals surface area (Å²) in [7, 11) is -3.99. The average molecular weight is 348 g/mol. The number of anilines is 1. The molecule has 2 aromatic rings. The molecular formula is C16H20N4O3S. The number of nitrogens with one attached hydrogen (secondary N) is 1. The first-order valence-electron chi connectivity index (χ1n) is 7.96. The van der Waals surface area contributed by atoms with Crippen LogP contribution in [0.4, 0.5) is 5.69 Å². The lowest BCUT2D eigenvalue weighted by molar-refractivity contribution is 0.0963. The molecule has 0 spiro atoms. The molecule has 1 aromatic heterocycles. The van der Waals surface area contributed by atoms with Crippen molar-refractivity contribution in [1.82, 2.24) is 14.5 Å². The van der Waals surface area contributed by atoms with Gasteiger partial charge in [-0.25, -0.2) is 4.72 Å². The molecule has 1 aromatic carbocycles. The molecule has 24 heavy (non-hydrogen) atoms. The molecule has 1 aliphatic rings. The number of aromatic nitrogens is 2. The van der Waals surface area contributed by atoms with E-state index >= 15 is 0 Å². The number of nitrogens with zero attached hydrogens (tertiary/aromatic N) is 3. The smallest absolute Gasteiger partial charge is 0.266 e. The van der Waals surface area contributed by atoms with Crippen molar-refractivity contribution in [3.63, 3.8) is 0 Å². The van der Waals surface area contributed by atoms with E-state index in [2.05, 4.69) is 9.82 Å². The molecule has 1 saturated carbocycles. The Labute approximate surface area is 141 Å². The van der Waals surface area contributed by atoms with Gasteiger partial charge in [-0.2, -0.15) is 13.5 Å². The molecule has 1 fully saturated rings. The lowest BCUT2D eigenvalue weighted by atomic mass is 9.93. The Bertz CT molecular complexity index is 813. The number of para-hydroxylation sites is 1. The number of carbonyl (C=O) groups is 1. The van der Waals surface area contributed by atoms with Crippen LogP contribution in [0.2, 0.25) is 0 Å². The SMILES string of the molecule is CCN(c1ccccc1)S(=O)(=O)NC(=O)c1ccnn1C1CCC1. The highest BCUT2D eigenvalue weighted by molar-refractivity contribution is 7.91. The van der Waals surface area contributed by atoms with Crippen LogP contribution in [0.1, 0.15) is 42.7 Å². The van der Waals surface area contributed by atoms with E-state index in [-0.39, 0.29) is 18.3 Å². The summed E-state index contributed by atoms with van der Waals surface area (Å²) in [6, 6.07) is 10.4. The molecule has 0 unspecified atom stereocenters. The maximum absolute atomic E-state index is 12.6. The van der Waals surface area contributed by atoms with Crippen LogP contribution in [0.5, 0.6) is 0 Å². The molecule has 0 saturated heterocycles. The van der Waals surface area contributed by atoms with Gasteiger partial charge in [-0.15, -0.1) is 0 Å². The molecule has 1 heterocycles. The Balaban J connectivity index is 1.81. The highest BCUT2D eigenvalue weighted by Gasteiger charge is 2.28. The first-order chi connectivity index (χ1) is 11.5. The van der Waals surface area contributed by atoms with Crippen molar-refractivity contribution in [2.75, 3.05) is 10.8 Å². The maximum atomic E-state index is 12.6. The summed E-state index contributed by atoms with van der Waals surface area (Å²) >= 11 is 0. The molecule has 0 radical (unpaired) electrons. The van der Waals surface area contributed by atoms with E-state index in [1.807, 2.05) is 0 Å². The predicted molar refractivity (Wildman–Crippen MR) is 91.0 cm³/mol. The Hall–Kier alpha value is -2.35. The van der Waals surface area contributed by atoms with E-state index in [1.54, 1.807) is 48.0 Å². The van der Waals surface area contributed by atoms with Crippen molar-refractivity contribution in [1.29, 1.82) is 0 Å². The Morgan fingerprint density at radius 1 is 1.29 bits per heavy atom.